The van der Waals surface area contributed by atoms with Gasteiger partial charge in [-0.05, 0) is 45.6 Å². The second-order valence-corrected chi connectivity index (χ2v) is 6.46. The molecule has 0 aliphatic carbocycles. The highest BCUT2D eigenvalue weighted by molar-refractivity contribution is 9.10. The van der Waals surface area contributed by atoms with E-state index in [2.05, 4.69) is 68.9 Å². The Kier molecular flexibility index (Phi) is 4.15. The molecule has 0 aliphatic heterocycles. The van der Waals surface area contributed by atoms with Crippen molar-refractivity contribution in [3.63, 3.8) is 0 Å². The topological polar surface area (TPSA) is 24.9 Å². The first kappa shape index (κ1) is 13.7. The van der Waals surface area contributed by atoms with Gasteiger partial charge in [-0.25, -0.2) is 0 Å². The van der Waals surface area contributed by atoms with E-state index >= 15 is 0 Å². The molecule has 2 heterocycles. The largest absolute Gasteiger partial charge is 0.306 e. The number of nitrogens with one attached hydrogen (secondary N) is 1. The van der Waals surface area contributed by atoms with E-state index in [9.17, 15) is 0 Å². The lowest BCUT2D eigenvalue weighted by atomic mass is 9.99. The van der Waals surface area contributed by atoms with Gasteiger partial charge in [0.05, 0.1) is 6.04 Å². The summed E-state index contributed by atoms with van der Waals surface area (Å²) in [5.41, 5.74) is 1.28. The number of rotatable bonds is 4. The molecule has 1 unspecified atom stereocenters. The zero-order chi connectivity index (χ0) is 13.9. The van der Waals surface area contributed by atoms with Crippen LogP contribution in [0.5, 0.6) is 0 Å². The molecule has 3 aromatic rings. The zero-order valence-electron chi connectivity index (χ0n) is 11.1. The van der Waals surface area contributed by atoms with Gasteiger partial charge >= 0.3 is 0 Å². The van der Waals surface area contributed by atoms with E-state index < -0.39 is 0 Å². The summed E-state index contributed by atoms with van der Waals surface area (Å²) in [6.45, 7) is 3.07. The Morgan fingerprint density at radius 3 is 3.00 bits per heavy atom. The monoisotopic (exact) mass is 346 g/mol. The molecule has 1 atom stereocenters. The Bertz CT molecular complexity index is 718. The summed E-state index contributed by atoms with van der Waals surface area (Å²) in [5.74, 6) is 0. The van der Waals surface area contributed by atoms with Crippen molar-refractivity contribution in [2.24, 2.45) is 0 Å². The molecule has 4 heteroatoms. The normalized spacial score (nSPS) is 12.7. The number of nitrogens with zero attached hydrogens (tertiary/aromatic N) is 1. The molecule has 20 heavy (non-hydrogen) atoms. The fourth-order valence-electron chi connectivity index (χ4n) is 2.44. The zero-order valence-corrected chi connectivity index (χ0v) is 13.5. The minimum absolute atomic E-state index is 0.212. The van der Waals surface area contributed by atoms with E-state index in [-0.39, 0.29) is 6.04 Å². The number of halogens is 1. The molecule has 0 fully saturated rings. The average molecular weight is 347 g/mol. The van der Waals surface area contributed by atoms with Crippen molar-refractivity contribution in [1.29, 1.82) is 0 Å². The maximum atomic E-state index is 4.28. The number of benzene rings is 1. The van der Waals surface area contributed by atoms with Crippen molar-refractivity contribution in [3.8, 4) is 0 Å². The maximum Gasteiger partial charge on any atom is 0.0677 e. The van der Waals surface area contributed by atoms with E-state index in [4.69, 9.17) is 0 Å². The lowest BCUT2D eigenvalue weighted by Crippen LogP contribution is -2.21. The van der Waals surface area contributed by atoms with Crippen molar-refractivity contribution in [2.45, 2.75) is 13.0 Å². The van der Waals surface area contributed by atoms with Gasteiger partial charge in [-0.2, -0.15) is 0 Å². The molecular formula is C16H15BrN2S. The van der Waals surface area contributed by atoms with E-state index in [0.29, 0.717) is 0 Å². The van der Waals surface area contributed by atoms with Gasteiger partial charge in [0.15, 0.2) is 0 Å². The Morgan fingerprint density at radius 1 is 1.35 bits per heavy atom. The maximum absolute atomic E-state index is 4.28. The lowest BCUT2D eigenvalue weighted by molar-refractivity contribution is 0.643. The van der Waals surface area contributed by atoms with Crippen LogP contribution >= 0.6 is 27.3 Å². The molecular weight excluding hydrogens is 332 g/mol. The Labute approximate surface area is 131 Å². The van der Waals surface area contributed by atoms with Crippen LogP contribution < -0.4 is 5.32 Å². The molecule has 0 amide bonds. The summed E-state index contributed by atoms with van der Waals surface area (Å²) in [6, 6.07) is 10.9. The number of hydrogen-bond acceptors (Lipinski definition) is 3. The number of pyridine rings is 1. The van der Waals surface area contributed by atoms with Gasteiger partial charge in [0.1, 0.15) is 0 Å². The number of aromatic nitrogens is 1. The Morgan fingerprint density at radius 2 is 2.25 bits per heavy atom. The quantitative estimate of drug-likeness (QED) is 0.736. The smallest absolute Gasteiger partial charge is 0.0677 e. The van der Waals surface area contributed by atoms with Gasteiger partial charge in [0, 0.05) is 32.5 Å². The predicted octanol–water partition coefficient (Wildman–Crippen LogP) is 4.76. The van der Waals surface area contributed by atoms with Crippen LogP contribution in [-0.4, -0.2) is 11.5 Å². The molecule has 102 valence electrons. The molecule has 2 aromatic heterocycles. The Balaban J connectivity index is 2.14. The van der Waals surface area contributed by atoms with Crippen LogP contribution in [0.4, 0.5) is 0 Å². The molecule has 1 N–H and O–H groups in total. The first-order chi connectivity index (χ1) is 9.79. The number of fused-ring (bicyclic) bond motifs is 1. The number of hydrogen-bond donors (Lipinski definition) is 1. The minimum Gasteiger partial charge on any atom is -0.306 e. The van der Waals surface area contributed by atoms with Crippen LogP contribution in [0.2, 0.25) is 0 Å². The summed E-state index contributed by atoms with van der Waals surface area (Å²) < 4.78 is 1.14. The first-order valence-electron chi connectivity index (χ1n) is 6.59. The highest BCUT2D eigenvalue weighted by atomic mass is 79.9. The van der Waals surface area contributed by atoms with Crippen molar-refractivity contribution < 1.29 is 0 Å². The van der Waals surface area contributed by atoms with Crippen LogP contribution in [0.25, 0.3) is 10.8 Å². The lowest BCUT2D eigenvalue weighted by Gasteiger charge is -2.18. The fraction of sp³-hybridized carbons (Fsp3) is 0.188. The van der Waals surface area contributed by atoms with Crippen molar-refractivity contribution in [3.05, 3.63) is 63.0 Å². The van der Waals surface area contributed by atoms with Crippen LogP contribution in [0.15, 0.2) is 52.6 Å². The van der Waals surface area contributed by atoms with Gasteiger partial charge < -0.3 is 5.32 Å². The first-order valence-corrected chi connectivity index (χ1v) is 8.27. The number of thiophene rings is 1. The molecule has 1 aromatic carbocycles. The van der Waals surface area contributed by atoms with Gasteiger partial charge in [0.25, 0.3) is 0 Å². The van der Waals surface area contributed by atoms with Gasteiger partial charge in [-0.15, -0.1) is 11.3 Å². The van der Waals surface area contributed by atoms with Crippen LogP contribution in [0, 0.1) is 0 Å². The van der Waals surface area contributed by atoms with Crippen molar-refractivity contribution in [1.82, 2.24) is 10.3 Å². The Hall–Kier alpha value is -1.23. The van der Waals surface area contributed by atoms with Gasteiger partial charge in [-0.3, -0.25) is 4.98 Å². The SMILES string of the molecule is CCNC(c1cc(Br)cs1)c1cccc2ccncc12. The third-order valence-electron chi connectivity index (χ3n) is 3.31. The van der Waals surface area contributed by atoms with Crippen LogP contribution in [0.3, 0.4) is 0 Å². The van der Waals surface area contributed by atoms with Crippen LogP contribution in [-0.2, 0) is 0 Å². The van der Waals surface area contributed by atoms with E-state index in [0.717, 1.165) is 11.0 Å². The van der Waals surface area contributed by atoms with Gasteiger partial charge in [0.2, 0.25) is 0 Å². The highest BCUT2D eigenvalue weighted by Crippen LogP contribution is 2.33. The van der Waals surface area contributed by atoms with E-state index in [1.165, 1.54) is 21.2 Å². The summed E-state index contributed by atoms with van der Waals surface area (Å²) in [5, 5.41) is 8.16. The fourth-order valence-corrected chi connectivity index (χ4v) is 3.97. The molecule has 0 spiro atoms. The third-order valence-corrected chi connectivity index (χ3v) is 5.07. The van der Waals surface area contributed by atoms with Crippen molar-refractivity contribution >= 4 is 38.0 Å². The second kappa shape index (κ2) is 6.04. The second-order valence-electron chi connectivity index (χ2n) is 4.60. The summed E-state index contributed by atoms with van der Waals surface area (Å²) in [6.07, 6.45) is 3.80. The van der Waals surface area contributed by atoms with E-state index in [1.54, 1.807) is 11.3 Å². The standard InChI is InChI=1S/C16H15BrN2S/c1-2-19-16(15-8-12(17)10-20-15)13-5-3-4-11-6-7-18-9-14(11)13/h3-10,16,19H,2H2,1H3. The highest BCUT2D eigenvalue weighted by Gasteiger charge is 2.17. The third kappa shape index (κ3) is 2.64. The predicted molar refractivity (Wildman–Crippen MR) is 89.3 cm³/mol. The molecule has 0 saturated heterocycles. The van der Waals surface area contributed by atoms with Gasteiger partial charge in [-0.1, -0.05) is 25.1 Å². The molecule has 0 bridgehead atoms. The minimum atomic E-state index is 0.212. The molecule has 0 radical (unpaired) electrons. The average Bonchev–Trinajstić information content (AvgIpc) is 2.91. The summed E-state index contributed by atoms with van der Waals surface area (Å²) in [4.78, 5) is 5.60. The van der Waals surface area contributed by atoms with Crippen molar-refractivity contribution in [2.75, 3.05) is 6.54 Å². The molecule has 0 saturated carbocycles. The van der Waals surface area contributed by atoms with E-state index in [1.807, 2.05) is 12.4 Å². The summed E-state index contributed by atoms with van der Waals surface area (Å²) in [7, 11) is 0. The summed E-state index contributed by atoms with van der Waals surface area (Å²) >= 11 is 5.32. The van der Waals surface area contributed by atoms with Crippen LogP contribution in [0.1, 0.15) is 23.4 Å². The molecule has 0 aliphatic rings. The molecule has 2 nitrogen and oxygen atoms in total. The molecule has 3 rings (SSSR count).